The fourth-order valence-electron chi connectivity index (χ4n) is 4.04. The Balaban J connectivity index is 1.59. The fourth-order valence-corrected chi connectivity index (χ4v) is 4.66. The Bertz CT molecular complexity index is 994. The van der Waals surface area contributed by atoms with Crippen LogP contribution in [0.3, 0.4) is 0 Å². The van der Waals surface area contributed by atoms with Crippen molar-refractivity contribution < 1.29 is 4.79 Å². The van der Waals surface area contributed by atoms with Gasteiger partial charge in [0.25, 0.3) is 0 Å². The van der Waals surface area contributed by atoms with Gasteiger partial charge in [0.05, 0.1) is 15.9 Å². The number of nitrogens with zero attached hydrogens (tertiary/aromatic N) is 3. The minimum atomic E-state index is -0.158. The average molecular weight is 396 g/mol. The van der Waals surface area contributed by atoms with Crippen LogP contribution in [0.1, 0.15) is 37.1 Å². The van der Waals surface area contributed by atoms with Gasteiger partial charge in [0, 0.05) is 24.0 Å². The van der Waals surface area contributed by atoms with Gasteiger partial charge in [-0.15, -0.1) is 11.3 Å². The van der Waals surface area contributed by atoms with Crippen LogP contribution in [-0.2, 0) is 4.79 Å². The van der Waals surface area contributed by atoms with Crippen molar-refractivity contribution in [2.45, 2.75) is 39.5 Å². The molecule has 4 rings (SSSR count). The van der Waals surface area contributed by atoms with Gasteiger partial charge in [-0.25, -0.2) is 9.97 Å². The third-order valence-electron chi connectivity index (χ3n) is 5.63. The zero-order chi connectivity index (χ0) is 19.7. The van der Waals surface area contributed by atoms with E-state index in [0.29, 0.717) is 5.92 Å². The molecule has 0 unspecified atom stereocenters. The average Bonchev–Trinajstić information content (AvgIpc) is 3.22. The van der Waals surface area contributed by atoms with Gasteiger partial charge in [-0.2, -0.15) is 0 Å². The van der Waals surface area contributed by atoms with E-state index in [4.69, 9.17) is 5.73 Å². The van der Waals surface area contributed by atoms with Gasteiger partial charge in [-0.05, 0) is 68.7 Å². The minimum Gasteiger partial charge on any atom is -0.369 e. The van der Waals surface area contributed by atoms with E-state index in [1.54, 1.807) is 11.3 Å². The van der Waals surface area contributed by atoms with E-state index in [-0.39, 0.29) is 11.8 Å². The first-order valence-corrected chi connectivity index (χ1v) is 10.6. The number of thiazole rings is 1. The first kappa shape index (κ1) is 18.8. The van der Waals surface area contributed by atoms with Crippen LogP contribution in [0, 0.1) is 25.7 Å². The van der Waals surface area contributed by atoms with E-state index in [0.717, 1.165) is 70.8 Å². The van der Waals surface area contributed by atoms with Gasteiger partial charge in [0.1, 0.15) is 11.6 Å². The molecule has 0 radical (unpaired) electrons. The molecule has 1 aliphatic rings. The van der Waals surface area contributed by atoms with E-state index in [9.17, 15) is 4.79 Å². The number of hydrogen-bond donors (Lipinski definition) is 2. The van der Waals surface area contributed by atoms with Crippen LogP contribution >= 0.6 is 11.3 Å². The molecular formula is C21H25N5OS. The van der Waals surface area contributed by atoms with Crippen LogP contribution in [0.5, 0.6) is 0 Å². The summed E-state index contributed by atoms with van der Waals surface area (Å²) in [5.74, 6) is 2.07. The third kappa shape index (κ3) is 3.85. The molecule has 0 saturated heterocycles. The molecule has 1 aromatic carbocycles. The maximum Gasteiger partial charge on any atom is 0.220 e. The van der Waals surface area contributed by atoms with Crippen LogP contribution in [0.4, 0.5) is 5.82 Å². The first-order valence-electron chi connectivity index (χ1n) is 9.72. The number of aromatic nitrogens is 3. The lowest BCUT2D eigenvalue weighted by atomic mass is 9.81. The molecule has 3 N–H and O–H groups in total. The molecule has 0 aliphatic heterocycles. The Hall–Kier alpha value is -2.54. The predicted molar refractivity (Wildman–Crippen MR) is 113 cm³/mol. The summed E-state index contributed by atoms with van der Waals surface area (Å²) < 4.78 is 0. The number of carbonyl (C=O) groups is 1. The van der Waals surface area contributed by atoms with Crippen molar-refractivity contribution in [3.05, 3.63) is 35.2 Å². The smallest absolute Gasteiger partial charge is 0.220 e. The maximum atomic E-state index is 11.4. The monoisotopic (exact) mass is 395 g/mol. The zero-order valence-corrected chi connectivity index (χ0v) is 17.1. The van der Waals surface area contributed by atoms with Gasteiger partial charge in [-0.1, -0.05) is 0 Å². The summed E-state index contributed by atoms with van der Waals surface area (Å²) in [5.41, 5.74) is 10.6. The second-order valence-electron chi connectivity index (χ2n) is 7.68. The summed E-state index contributed by atoms with van der Waals surface area (Å²) in [4.78, 5) is 26.1. The Morgan fingerprint density at radius 3 is 2.68 bits per heavy atom. The minimum absolute atomic E-state index is 0.0444. The number of nitrogens with two attached hydrogens (primary N) is 1. The molecule has 0 spiro atoms. The molecule has 2 aromatic heterocycles. The summed E-state index contributed by atoms with van der Waals surface area (Å²) in [5, 5.41) is 4.60. The van der Waals surface area contributed by atoms with Crippen molar-refractivity contribution in [3.63, 3.8) is 0 Å². The van der Waals surface area contributed by atoms with Crippen LogP contribution in [0.2, 0.25) is 0 Å². The number of anilines is 1. The number of benzene rings is 1. The van der Waals surface area contributed by atoms with Gasteiger partial charge >= 0.3 is 0 Å². The van der Waals surface area contributed by atoms with Gasteiger partial charge in [0.2, 0.25) is 5.91 Å². The highest BCUT2D eigenvalue weighted by Crippen LogP contribution is 2.33. The molecule has 28 heavy (non-hydrogen) atoms. The number of aryl methyl sites for hydroxylation is 2. The van der Waals surface area contributed by atoms with Gasteiger partial charge in [0.15, 0.2) is 0 Å². The highest BCUT2D eigenvalue weighted by atomic mass is 32.1. The Morgan fingerprint density at radius 1 is 1.21 bits per heavy atom. The predicted octanol–water partition coefficient (Wildman–Crippen LogP) is 4.07. The number of primary amides is 1. The SMILES string of the molecule is Cc1nc(NC[C@H]2CC[C@@H](C(N)=O)CC2)c2cc(-c3cncs3)cc(C)c2n1. The largest absolute Gasteiger partial charge is 0.369 e. The molecule has 1 saturated carbocycles. The standard InChI is InChI=1S/C21H25N5OS/c1-12-7-16(18-10-23-11-28-18)8-17-19(12)25-13(2)26-21(17)24-9-14-3-5-15(6-4-14)20(22)27/h7-8,10-11,14-15H,3-6,9H2,1-2H3,(H2,22,27)(H,24,25,26)/t14-,15+. The van der Waals surface area contributed by atoms with E-state index in [1.165, 1.54) is 0 Å². The number of hydrogen-bond acceptors (Lipinski definition) is 6. The molecule has 2 heterocycles. The van der Waals surface area contributed by atoms with E-state index in [1.807, 2.05) is 18.6 Å². The summed E-state index contributed by atoms with van der Waals surface area (Å²) in [6, 6.07) is 4.32. The van der Waals surface area contributed by atoms with Crippen LogP contribution in [-0.4, -0.2) is 27.4 Å². The van der Waals surface area contributed by atoms with Gasteiger partial charge in [-0.3, -0.25) is 9.78 Å². The van der Waals surface area contributed by atoms with E-state index >= 15 is 0 Å². The second kappa shape index (κ2) is 7.83. The van der Waals surface area contributed by atoms with Crippen molar-refractivity contribution in [1.82, 2.24) is 15.0 Å². The number of rotatable bonds is 5. The quantitative estimate of drug-likeness (QED) is 0.679. The van der Waals surface area contributed by atoms with Crippen LogP contribution in [0.15, 0.2) is 23.8 Å². The fraction of sp³-hybridized carbons (Fsp3) is 0.429. The van der Waals surface area contributed by atoms with Crippen molar-refractivity contribution in [2.24, 2.45) is 17.6 Å². The van der Waals surface area contributed by atoms with Gasteiger partial charge < -0.3 is 11.1 Å². The molecule has 1 fully saturated rings. The molecule has 1 amide bonds. The van der Waals surface area contributed by atoms with Crippen molar-refractivity contribution >= 4 is 34.0 Å². The summed E-state index contributed by atoms with van der Waals surface area (Å²) in [6.07, 6.45) is 5.71. The highest BCUT2D eigenvalue weighted by Gasteiger charge is 2.24. The molecule has 3 aromatic rings. The van der Waals surface area contributed by atoms with Crippen LogP contribution < -0.4 is 11.1 Å². The number of fused-ring (bicyclic) bond motifs is 1. The maximum absolute atomic E-state index is 11.4. The van der Waals surface area contributed by atoms with Crippen molar-refractivity contribution in [2.75, 3.05) is 11.9 Å². The summed E-state index contributed by atoms with van der Waals surface area (Å²) in [6.45, 7) is 4.87. The van der Waals surface area contributed by atoms with E-state index < -0.39 is 0 Å². The van der Waals surface area contributed by atoms with Crippen molar-refractivity contribution in [3.8, 4) is 10.4 Å². The topological polar surface area (TPSA) is 93.8 Å². The van der Waals surface area contributed by atoms with Crippen LogP contribution in [0.25, 0.3) is 21.3 Å². The summed E-state index contributed by atoms with van der Waals surface area (Å²) >= 11 is 1.63. The molecule has 0 bridgehead atoms. The second-order valence-corrected chi connectivity index (χ2v) is 8.56. The number of carbonyl (C=O) groups excluding carboxylic acids is 1. The molecule has 146 valence electrons. The lowest BCUT2D eigenvalue weighted by Crippen LogP contribution is -2.29. The zero-order valence-electron chi connectivity index (χ0n) is 16.2. The third-order valence-corrected chi connectivity index (χ3v) is 6.45. The number of amides is 1. The molecular weight excluding hydrogens is 370 g/mol. The molecule has 1 aliphatic carbocycles. The van der Waals surface area contributed by atoms with Crippen molar-refractivity contribution in [1.29, 1.82) is 0 Å². The first-order chi connectivity index (χ1) is 13.5. The lowest BCUT2D eigenvalue weighted by Gasteiger charge is -2.27. The Labute approximate surface area is 168 Å². The van der Waals surface area contributed by atoms with E-state index in [2.05, 4.69) is 39.3 Å². The normalized spacial score (nSPS) is 19.6. The highest BCUT2D eigenvalue weighted by molar-refractivity contribution is 7.13. The summed E-state index contributed by atoms with van der Waals surface area (Å²) in [7, 11) is 0. The Morgan fingerprint density at radius 2 is 2.00 bits per heavy atom. The molecule has 7 heteroatoms. The Kier molecular flexibility index (Phi) is 5.26. The molecule has 0 atom stereocenters. The molecule has 6 nitrogen and oxygen atoms in total. The number of nitrogens with one attached hydrogen (secondary N) is 1. The lowest BCUT2D eigenvalue weighted by molar-refractivity contribution is -0.122.